The zero-order valence-electron chi connectivity index (χ0n) is 11.9. The monoisotopic (exact) mass is 333 g/mol. The summed E-state index contributed by atoms with van der Waals surface area (Å²) in [4.78, 5) is 0. The Bertz CT molecular complexity index is 569. The van der Waals surface area contributed by atoms with Crippen molar-refractivity contribution in [2.45, 2.75) is 26.8 Å². The molecule has 20 heavy (non-hydrogen) atoms. The van der Waals surface area contributed by atoms with Crippen molar-refractivity contribution in [2.24, 2.45) is 0 Å². The van der Waals surface area contributed by atoms with Gasteiger partial charge in [0, 0.05) is 16.7 Å². The summed E-state index contributed by atoms with van der Waals surface area (Å²) in [6.07, 6.45) is 1.03. The van der Waals surface area contributed by atoms with Crippen LogP contribution in [-0.2, 0) is 6.54 Å². The van der Waals surface area contributed by atoms with E-state index in [0.29, 0.717) is 0 Å². The molecule has 0 atom stereocenters. The molecular weight excluding hydrogens is 314 g/mol. The third-order valence-electron chi connectivity index (χ3n) is 3.04. The molecule has 0 amide bonds. The number of aryl methyl sites for hydroxylation is 1. The summed E-state index contributed by atoms with van der Waals surface area (Å²) in [6.45, 7) is 5.75. The van der Waals surface area contributed by atoms with Gasteiger partial charge in [-0.3, -0.25) is 0 Å². The third-order valence-corrected chi connectivity index (χ3v) is 3.89. The molecule has 0 radical (unpaired) electrons. The SMILES string of the molecule is CCCOc1cccc(CNc2ccc(C)c(Br)c2)c1. The van der Waals surface area contributed by atoms with E-state index in [2.05, 4.69) is 65.4 Å². The molecular formula is C17H20BrNO. The van der Waals surface area contributed by atoms with E-state index in [1.165, 1.54) is 11.1 Å². The lowest BCUT2D eigenvalue weighted by Crippen LogP contribution is -2.01. The number of benzene rings is 2. The minimum atomic E-state index is 0.766. The molecule has 0 aliphatic carbocycles. The molecule has 3 heteroatoms. The summed E-state index contributed by atoms with van der Waals surface area (Å²) in [7, 11) is 0. The van der Waals surface area contributed by atoms with Crippen LogP contribution in [0.4, 0.5) is 5.69 Å². The van der Waals surface area contributed by atoms with Crippen LogP contribution in [-0.4, -0.2) is 6.61 Å². The molecule has 2 rings (SSSR count). The van der Waals surface area contributed by atoms with Crippen LogP contribution in [0.1, 0.15) is 24.5 Å². The van der Waals surface area contributed by atoms with E-state index in [4.69, 9.17) is 4.74 Å². The molecule has 0 bridgehead atoms. The molecule has 0 spiro atoms. The predicted molar refractivity (Wildman–Crippen MR) is 88.4 cm³/mol. The molecule has 0 unspecified atom stereocenters. The molecule has 0 aliphatic rings. The second-order valence-electron chi connectivity index (χ2n) is 4.81. The molecule has 1 N–H and O–H groups in total. The van der Waals surface area contributed by atoms with Crippen molar-refractivity contribution in [1.82, 2.24) is 0 Å². The van der Waals surface area contributed by atoms with Crippen LogP contribution in [0.3, 0.4) is 0 Å². The fourth-order valence-electron chi connectivity index (χ4n) is 1.87. The maximum absolute atomic E-state index is 5.65. The van der Waals surface area contributed by atoms with Gasteiger partial charge in [0.25, 0.3) is 0 Å². The second kappa shape index (κ2) is 7.34. The van der Waals surface area contributed by atoms with E-state index in [1.807, 2.05) is 12.1 Å². The van der Waals surface area contributed by atoms with Crippen LogP contribution in [0.2, 0.25) is 0 Å². The van der Waals surface area contributed by atoms with Gasteiger partial charge in [0.2, 0.25) is 0 Å². The van der Waals surface area contributed by atoms with Crippen molar-refractivity contribution in [1.29, 1.82) is 0 Å². The maximum atomic E-state index is 5.65. The lowest BCUT2D eigenvalue weighted by molar-refractivity contribution is 0.317. The van der Waals surface area contributed by atoms with E-state index in [1.54, 1.807) is 0 Å². The standard InChI is InChI=1S/C17H20BrNO/c1-3-9-20-16-6-4-5-14(10-16)12-19-15-8-7-13(2)17(18)11-15/h4-8,10-11,19H,3,9,12H2,1-2H3. The van der Waals surface area contributed by atoms with Crippen LogP contribution in [0.25, 0.3) is 0 Å². The molecule has 0 saturated carbocycles. The van der Waals surface area contributed by atoms with Gasteiger partial charge in [0.15, 0.2) is 0 Å². The number of hydrogen-bond donors (Lipinski definition) is 1. The molecule has 2 nitrogen and oxygen atoms in total. The van der Waals surface area contributed by atoms with Crippen molar-refractivity contribution < 1.29 is 4.74 Å². The zero-order valence-corrected chi connectivity index (χ0v) is 13.5. The summed E-state index contributed by atoms with van der Waals surface area (Å²) < 4.78 is 6.77. The lowest BCUT2D eigenvalue weighted by Gasteiger charge is -2.10. The predicted octanol–water partition coefficient (Wildman–Crippen LogP) is 5.16. The van der Waals surface area contributed by atoms with Crippen LogP contribution in [0.15, 0.2) is 46.9 Å². The van der Waals surface area contributed by atoms with E-state index >= 15 is 0 Å². The number of ether oxygens (including phenoxy) is 1. The topological polar surface area (TPSA) is 21.3 Å². The van der Waals surface area contributed by atoms with Gasteiger partial charge in [-0.2, -0.15) is 0 Å². The first-order valence-electron chi connectivity index (χ1n) is 6.91. The fraction of sp³-hybridized carbons (Fsp3) is 0.294. The average molecular weight is 334 g/mol. The smallest absolute Gasteiger partial charge is 0.119 e. The normalized spacial score (nSPS) is 10.3. The second-order valence-corrected chi connectivity index (χ2v) is 5.67. The minimum absolute atomic E-state index is 0.766. The summed E-state index contributed by atoms with van der Waals surface area (Å²) >= 11 is 3.55. The Hall–Kier alpha value is -1.48. The molecule has 0 aliphatic heterocycles. The van der Waals surface area contributed by atoms with Crippen molar-refractivity contribution in [3.63, 3.8) is 0 Å². The van der Waals surface area contributed by atoms with Crippen LogP contribution < -0.4 is 10.1 Å². The highest BCUT2D eigenvalue weighted by atomic mass is 79.9. The lowest BCUT2D eigenvalue weighted by atomic mass is 10.2. The van der Waals surface area contributed by atoms with Crippen molar-refractivity contribution >= 4 is 21.6 Å². The Morgan fingerprint density at radius 3 is 2.75 bits per heavy atom. The van der Waals surface area contributed by atoms with E-state index in [9.17, 15) is 0 Å². The van der Waals surface area contributed by atoms with Gasteiger partial charge in [0.05, 0.1) is 6.61 Å². The summed E-state index contributed by atoms with van der Waals surface area (Å²) in [5.41, 5.74) is 3.57. The summed E-state index contributed by atoms with van der Waals surface area (Å²) in [6, 6.07) is 14.5. The van der Waals surface area contributed by atoms with Gasteiger partial charge < -0.3 is 10.1 Å². The minimum Gasteiger partial charge on any atom is -0.494 e. The fourth-order valence-corrected chi connectivity index (χ4v) is 2.25. The van der Waals surface area contributed by atoms with E-state index in [-0.39, 0.29) is 0 Å². The van der Waals surface area contributed by atoms with Crippen LogP contribution >= 0.6 is 15.9 Å². The zero-order chi connectivity index (χ0) is 14.4. The van der Waals surface area contributed by atoms with Crippen molar-refractivity contribution in [2.75, 3.05) is 11.9 Å². The highest BCUT2D eigenvalue weighted by molar-refractivity contribution is 9.10. The molecule has 0 heterocycles. The number of nitrogens with one attached hydrogen (secondary N) is 1. The van der Waals surface area contributed by atoms with Gasteiger partial charge in [-0.15, -0.1) is 0 Å². The van der Waals surface area contributed by atoms with Gasteiger partial charge in [-0.05, 0) is 48.7 Å². The quantitative estimate of drug-likeness (QED) is 0.788. The first-order valence-corrected chi connectivity index (χ1v) is 7.70. The molecule has 2 aromatic rings. The summed E-state index contributed by atoms with van der Waals surface area (Å²) in [5, 5.41) is 3.43. The van der Waals surface area contributed by atoms with E-state index < -0.39 is 0 Å². The summed E-state index contributed by atoms with van der Waals surface area (Å²) in [5.74, 6) is 0.941. The number of halogens is 1. The highest BCUT2D eigenvalue weighted by Gasteiger charge is 1.99. The molecule has 0 saturated heterocycles. The highest BCUT2D eigenvalue weighted by Crippen LogP contribution is 2.21. The van der Waals surface area contributed by atoms with Gasteiger partial charge >= 0.3 is 0 Å². The number of rotatable bonds is 6. The van der Waals surface area contributed by atoms with Crippen LogP contribution in [0, 0.1) is 6.92 Å². The first kappa shape index (κ1) is 14.9. The Morgan fingerprint density at radius 2 is 2.00 bits per heavy atom. The molecule has 0 aromatic heterocycles. The number of anilines is 1. The Kier molecular flexibility index (Phi) is 5.48. The van der Waals surface area contributed by atoms with Crippen LogP contribution in [0.5, 0.6) is 5.75 Å². The Morgan fingerprint density at radius 1 is 1.15 bits per heavy atom. The molecule has 0 fully saturated rings. The Balaban J connectivity index is 1.97. The first-order chi connectivity index (χ1) is 9.69. The number of hydrogen-bond acceptors (Lipinski definition) is 2. The Labute approximate surface area is 129 Å². The molecule has 106 valence electrons. The average Bonchev–Trinajstić information content (AvgIpc) is 2.47. The third kappa shape index (κ3) is 4.27. The van der Waals surface area contributed by atoms with Gasteiger partial charge in [-0.25, -0.2) is 0 Å². The largest absolute Gasteiger partial charge is 0.494 e. The molecule has 2 aromatic carbocycles. The van der Waals surface area contributed by atoms with Crippen molar-refractivity contribution in [3.05, 3.63) is 58.1 Å². The maximum Gasteiger partial charge on any atom is 0.119 e. The van der Waals surface area contributed by atoms with Gasteiger partial charge in [0.1, 0.15) is 5.75 Å². The van der Waals surface area contributed by atoms with Crippen molar-refractivity contribution in [3.8, 4) is 5.75 Å². The van der Waals surface area contributed by atoms with Gasteiger partial charge in [-0.1, -0.05) is 41.1 Å². The van der Waals surface area contributed by atoms with E-state index in [0.717, 1.165) is 35.5 Å².